The maximum Gasteiger partial charge on any atom is 0.307 e. The van der Waals surface area contributed by atoms with Crippen molar-refractivity contribution in [2.24, 2.45) is 5.10 Å². The van der Waals surface area contributed by atoms with E-state index < -0.39 is 5.91 Å². The third kappa shape index (κ3) is 5.66. The van der Waals surface area contributed by atoms with Gasteiger partial charge in [-0.05, 0) is 82.3 Å². The van der Waals surface area contributed by atoms with E-state index in [4.69, 9.17) is 13.6 Å². The van der Waals surface area contributed by atoms with Crippen LogP contribution in [0.2, 0.25) is 0 Å². The predicted molar refractivity (Wildman–Crippen MR) is 136 cm³/mol. The van der Waals surface area contributed by atoms with Gasteiger partial charge in [-0.3, -0.25) is 4.79 Å². The highest BCUT2D eigenvalue weighted by Gasteiger charge is 2.12. The normalized spacial score (nSPS) is 11.2. The topological polar surface area (TPSA) is 85.1 Å². The average Bonchev–Trinajstić information content (AvgIpc) is 3.60. The zero-order chi connectivity index (χ0) is 24.8. The summed E-state index contributed by atoms with van der Waals surface area (Å²) in [7, 11) is 0. The van der Waals surface area contributed by atoms with E-state index >= 15 is 0 Å². The van der Waals surface area contributed by atoms with Crippen LogP contribution in [0.4, 0.5) is 5.88 Å². The average molecular weight is 475 g/mol. The number of ether oxygens (including phenoxy) is 1. The van der Waals surface area contributed by atoms with E-state index in [0.29, 0.717) is 17.3 Å². The van der Waals surface area contributed by atoms with E-state index in [1.54, 1.807) is 18.2 Å². The van der Waals surface area contributed by atoms with Gasteiger partial charge < -0.3 is 23.0 Å². The fraction of sp³-hybridized carbons (Fsp3) is 0.259. The second kappa shape index (κ2) is 10.8. The van der Waals surface area contributed by atoms with Crippen molar-refractivity contribution in [2.75, 3.05) is 18.0 Å². The minimum absolute atomic E-state index is 0.151. The fourth-order valence-corrected chi connectivity index (χ4v) is 3.83. The summed E-state index contributed by atoms with van der Waals surface area (Å²) in [5.41, 5.74) is 5.88. The van der Waals surface area contributed by atoms with Crippen LogP contribution in [0.5, 0.6) is 5.75 Å². The third-order valence-corrected chi connectivity index (χ3v) is 5.68. The Balaban J connectivity index is 1.29. The molecule has 3 heterocycles. The van der Waals surface area contributed by atoms with Gasteiger partial charge in [0, 0.05) is 36.2 Å². The summed E-state index contributed by atoms with van der Waals surface area (Å²) in [5, 5.41) is 3.96. The summed E-state index contributed by atoms with van der Waals surface area (Å²) in [6, 6.07) is 19.0. The van der Waals surface area contributed by atoms with Crippen molar-refractivity contribution in [3.63, 3.8) is 0 Å². The summed E-state index contributed by atoms with van der Waals surface area (Å²) in [6.45, 7) is 10.2. The fourth-order valence-electron chi connectivity index (χ4n) is 3.83. The number of amides is 1. The number of anilines is 1. The Morgan fingerprint density at radius 3 is 2.37 bits per heavy atom. The Morgan fingerprint density at radius 2 is 1.69 bits per heavy atom. The van der Waals surface area contributed by atoms with Crippen LogP contribution in [0.25, 0.3) is 5.69 Å². The van der Waals surface area contributed by atoms with E-state index in [1.165, 1.54) is 17.6 Å². The van der Waals surface area contributed by atoms with Crippen LogP contribution in [-0.2, 0) is 6.61 Å². The van der Waals surface area contributed by atoms with E-state index in [9.17, 15) is 4.79 Å². The number of benzene rings is 1. The molecule has 0 radical (unpaired) electrons. The lowest BCUT2D eigenvalue weighted by molar-refractivity contribution is 0.0923. The second-order valence-corrected chi connectivity index (χ2v) is 8.05. The van der Waals surface area contributed by atoms with Crippen molar-refractivity contribution in [1.82, 2.24) is 9.99 Å². The highest BCUT2D eigenvalue weighted by molar-refractivity contribution is 5.92. The molecule has 0 saturated heterocycles. The molecule has 1 amide bonds. The summed E-state index contributed by atoms with van der Waals surface area (Å²) < 4.78 is 19.3. The van der Waals surface area contributed by atoms with E-state index in [2.05, 4.69) is 59.8 Å². The molecule has 0 aliphatic heterocycles. The first-order valence-corrected chi connectivity index (χ1v) is 11.6. The second-order valence-electron chi connectivity index (χ2n) is 8.05. The Morgan fingerprint density at radius 1 is 0.971 bits per heavy atom. The maximum absolute atomic E-state index is 12.3. The molecular weight excluding hydrogens is 444 g/mol. The molecule has 0 bridgehead atoms. The van der Waals surface area contributed by atoms with Gasteiger partial charge in [-0.15, -0.1) is 0 Å². The Labute approximate surface area is 204 Å². The van der Waals surface area contributed by atoms with Gasteiger partial charge in [0.15, 0.2) is 11.6 Å². The Hall–Kier alpha value is -4.20. The number of nitrogens with one attached hydrogen (secondary N) is 1. The number of nitrogens with zero attached hydrogens (tertiary/aromatic N) is 3. The summed E-state index contributed by atoms with van der Waals surface area (Å²) in [6.07, 6.45) is 1.46. The lowest BCUT2D eigenvalue weighted by Gasteiger charge is -2.16. The minimum Gasteiger partial charge on any atom is -0.486 e. The molecule has 1 aromatic carbocycles. The molecule has 3 aromatic heterocycles. The van der Waals surface area contributed by atoms with Crippen molar-refractivity contribution in [3.8, 4) is 11.4 Å². The predicted octanol–water partition coefficient (Wildman–Crippen LogP) is 5.47. The standard InChI is InChI=1S/C27H30N4O4/c1-5-30(6-2)26-16-14-23(35-26)17-28-29-27(32)25-15-13-24(34-25)18-33-22-11-9-21(10-12-22)31-19(3)7-8-20(31)4/h7-17H,5-6,18H2,1-4H3,(H,29,32)/b28-17+. The number of hydrogen-bond acceptors (Lipinski definition) is 6. The van der Waals surface area contributed by atoms with Gasteiger partial charge in [0.25, 0.3) is 0 Å². The van der Waals surface area contributed by atoms with Gasteiger partial charge in [0.2, 0.25) is 0 Å². The SMILES string of the molecule is CCN(CC)c1ccc(/C=N/NC(=O)c2ccc(COc3ccc(-n4c(C)ccc4C)cc3)o2)o1. The number of carbonyl (C=O) groups is 1. The molecule has 8 nitrogen and oxygen atoms in total. The first-order valence-electron chi connectivity index (χ1n) is 11.6. The first-order chi connectivity index (χ1) is 17.0. The van der Waals surface area contributed by atoms with E-state index in [0.717, 1.165) is 24.7 Å². The molecule has 0 atom stereocenters. The number of aryl methyl sites for hydroxylation is 2. The van der Waals surface area contributed by atoms with Gasteiger partial charge >= 0.3 is 5.91 Å². The monoisotopic (exact) mass is 474 g/mol. The molecule has 0 saturated carbocycles. The first kappa shape index (κ1) is 23.9. The molecule has 0 aliphatic rings. The number of carbonyl (C=O) groups excluding carboxylic acids is 1. The number of hydrogen-bond donors (Lipinski definition) is 1. The van der Waals surface area contributed by atoms with Crippen LogP contribution < -0.4 is 15.1 Å². The quantitative estimate of drug-likeness (QED) is 0.243. The lowest BCUT2D eigenvalue weighted by atomic mass is 10.3. The lowest BCUT2D eigenvalue weighted by Crippen LogP contribution is -2.20. The van der Waals surface area contributed by atoms with Gasteiger partial charge in [0.1, 0.15) is 23.9 Å². The molecule has 182 valence electrons. The van der Waals surface area contributed by atoms with Crippen LogP contribution in [-0.4, -0.2) is 29.8 Å². The molecule has 1 N–H and O–H groups in total. The van der Waals surface area contributed by atoms with Crippen molar-refractivity contribution in [3.05, 3.63) is 89.3 Å². The number of rotatable bonds is 10. The van der Waals surface area contributed by atoms with Crippen molar-refractivity contribution in [1.29, 1.82) is 0 Å². The highest BCUT2D eigenvalue weighted by atomic mass is 16.5. The van der Waals surface area contributed by atoms with Crippen molar-refractivity contribution >= 4 is 18.0 Å². The number of aromatic nitrogens is 1. The summed E-state index contributed by atoms with van der Waals surface area (Å²) in [4.78, 5) is 14.4. The Bertz CT molecular complexity index is 1270. The van der Waals surface area contributed by atoms with E-state index in [1.807, 2.05) is 30.3 Å². The zero-order valence-corrected chi connectivity index (χ0v) is 20.4. The van der Waals surface area contributed by atoms with Crippen LogP contribution >= 0.6 is 0 Å². The molecular formula is C27H30N4O4. The summed E-state index contributed by atoms with van der Waals surface area (Å²) >= 11 is 0. The molecule has 0 aliphatic carbocycles. The van der Waals surface area contributed by atoms with Crippen LogP contribution in [0.1, 0.15) is 47.3 Å². The smallest absolute Gasteiger partial charge is 0.307 e. The third-order valence-electron chi connectivity index (χ3n) is 5.68. The molecule has 0 spiro atoms. The van der Waals surface area contributed by atoms with Gasteiger partial charge in [-0.2, -0.15) is 5.10 Å². The van der Waals surface area contributed by atoms with Gasteiger partial charge in [-0.1, -0.05) is 0 Å². The molecule has 4 rings (SSSR count). The minimum atomic E-state index is -0.454. The van der Waals surface area contributed by atoms with Crippen LogP contribution in [0, 0.1) is 13.8 Å². The zero-order valence-electron chi connectivity index (χ0n) is 20.4. The highest BCUT2D eigenvalue weighted by Crippen LogP contribution is 2.21. The number of hydrazone groups is 1. The van der Waals surface area contributed by atoms with Crippen LogP contribution in [0.3, 0.4) is 0 Å². The Kier molecular flexibility index (Phi) is 7.40. The number of furan rings is 2. The molecule has 35 heavy (non-hydrogen) atoms. The van der Waals surface area contributed by atoms with E-state index in [-0.39, 0.29) is 12.4 Å². The molecule has 8 heteroatoms. The van der Waals surface area contributed by atoms with Gasteiger partial charge in [-0.25, -0.2) is 5.43 Å². The maximum atomic E-state index is 12.3. The molecule has 0 unspecified atom stereocenters. The van der Waals surface area contributed by atoms with Crippen molar-refractivity contribution < 1.29 is 18.4 Å². The van der Waals surface area contributed by atoms with Gasteiger partial charge in [0.05, 0.1) is 6.21 Å². The largest absolute Gasteiger partial charge is 0.486 e. The van der Waals surface area contributed by atoms with Crippen LogP contribution in [0.15, 0.2) is 74.6 Å². The molecule has 0 fully saturated rings. The summed E-state index contributed by atoms with van der Waals surface area (Å²) in [5.74, 6) is 2.26. The van der Waals surface area contributed by atoms with Crippen molar-refractivity contribution in [2.45, 2.75) is 34.3 Å². The molecule has 4 aromatic rings.